The number of hydrogen-bond donors (Lipinski definition) is 1. The van der Waals surface area contributed by atoms with Crippen molar-refractivity contribution in [2.24, 2.45) is 0 Å². The van der Waals surface area contributed by atoms with E-state index in [0.717, 1.165) is 16.6 Å². The molecule has 1 atom stereocenters. The van der Waals surface area contributed by atoms with Gasteiger partial charge in [0.2, 0.25) is 5.91 Å². The predicted octanol–water partition coefficient (Wildman–Crippen LogP) is 4.85. The minimum Gasteiger partial charge on any atom is -0.457 e. The van der Waals surface area contributed by atoms with Gasteiger partial charge in [-0.2, -0.15) is 0 Å². The van der Waals surface area contributed by atoms with Gasteiger partial charge in [0.05, 0.1) is 17.4 Å². The molecule has 0 aliphatic rings. The van der Waals surface area contributed by atoms with Crippen LogP contribution in [0.25, 0.3) is 11.0 Å². The molecule has 0 saturated carbocycles. The van der Waals surface area contributed by atoms with Gasteiger partial charge < -0.3 is 14.6 Å². The third-order valence-corrected chi connectivity index (χ3v) is 4.72. The number of fused-ring (bicyclic) bond motifs is 1. The summed E-state index contributed by atoms with van der Waals surface area (Å²) >= 11 is 0. The summed E-state index contributed by atoms with van der Waals surface area (Å²) in [4.78, 5) is 16.9. The Hall–Kier alpha value is -3.67. The smallest absolute Gasteiger partial charge is 0.243 e. The molecular weight excluding hydrogens is 369 g/mol. The van der Waals surface area contributed by atoms with E-state index in [1.54, 1.807) is 18.5 Å². The number of rotatable bonds is 6. The molecule has 1 N–H and O–H groups in total. The highest BCUT2D eigenvalue weighted by atomic mass is 19.1. The normalized spacial score (nSPS) is 11.9. The van der Waals surface area contributed by atoms with Crippen LogP contribution < -0.4 is 10.1 Å². The van der Waals surface area contributed by atoms with Crippen LogP contribution in [0.3, 0.4) is 0 Å². The van der Waals surface area contributed by atoms with Crippen LogP contribution >= 0.6 is 0 Å². The lowest BCUT2D eigenvalue weighted by atomic mass is 10.2. The summed E-state index contributed by atoms with van der Waals surface area (Å²) in [6.07, 6.45) is 1.69. The molecule has 3 aromatic carbocycles. The predicted molar refractivity (Wildman–Crippen MR) is 109 cm³/mol. The van der Waals surface area contributed by atoms with E-state index in [1.807, 2.05) is 60.0 Å². The second-order valence-corrected chi connectivity index (χ2v) is 6.73. The average Bonchev–Trinajstić information content (AvgIpc) is 3.18. The van der Waals surface area contributed by atoms with Crippen LogP contribution in [0.2, 0.25) is 0 Å². The van der Waals surface area contributed by atoms with Crippen LogP contribution in [0.15, 0.2) is 79.1 Å². The van der Waals surface area contributed by atoms with Crippen LogP contribution in [0.1, 0.15) is 18.5 Å². The molecule has 1 aromatic heterocycles. The maximum absolute atomic E-state index is 13.0. The topological polar surface area (TPSA) is 56.1 Å². The number of aromatic nitrogens is 2. The molecule has 6 heteroatoms. The highest BCUT2D eigenvalue weighted by Crippen LogP contribution is 2.22. The van der Waals surface area contributed by atoms with Gasteiger partial charge in [-0.25, -0.2) is 9.37 Å². The van der Waals surface area contributed by atoms with Crippen molar-refractivity contribution < 1.29 is 13.9 Å². The van der Waals surface area contributed by atoms with Gasteiger partial charge in [0.1, 0.15) is 23.4 Å². The fourth-order valence-electron chi connectivity index (χ4n) is 3.06. The molecule has 0 radical (unpaired) electrons. The first-order valence-electron chi connectivity index (χ1n) is 9.32. The number of amides is 1. The summed E-state index contributed by atoms with van der Waals surface area (Å²) < 4.78 is 20.5. The average molecular weight is 389 g/mol. The van der Waals surface area contributed by atoms with E-state index >= 15 is 0 Å². The van der Waals surface area contributed by atoms with Crippen LogP contribution in [0.5, 0.6) is 11.5 Å². The Bertz CT molecular complexity index is 1120. The molecule has 0 aliphatic heterocycles. The standard InChI is InChI=1S/C23H20FN3O2/c1-16(27-15-26-21-4-2-3-5-22(21)27)23(28)25-14-17-6-10-19(11-7-17)29-20-12-8-18(24)9-13-20/h2-13,15-16H,14H2,1H3,(H,25,28). The van der Waals surface area contributed by atoms with Gasteiger partial charge in [0.15, 0.2) is 0 Å². The summed E-state index contributed by atoms with van der Waals surface area (Å²) in [6.45, 7) is 2.26. The van der Waals surface area contributed by atoms with Crippen molar-refractivity contribution in [3.05, 3.63) is 90.5 Å². The van der Waals surface area contributed by atoms with Crippen molar-refractivity contribution in [3.8, 4) is 11.5 Å². The third kappa shape index (κ3) is 4.27. The Balaban J connectivity index is 1.36. The third-order valence-electron chi connectivity index (χ3n) is 4.72. The van der Waals surface area contributed by atoms with Crippen molar-refractivity contribution in [1.29, 1.82) is 0 Å². The summed E-state index contributed by atoms with van der Waals surface area (Å²) in [5.74, 6) is 0.819. The fourth-order valence-corrected chi connectivity index (χ4v) is 3.06. The zero-order valence-electron chi connectivity index (χ0n) is 15.9. The maximum atomic E-state index is 13.0. The van der Waals surface area contributed by atoms with Crippen LogP contribution in [-0.2, 0) is 11.3 Å². The molecule has 29 heavy (non-hydrogen) atoms. The molecule has 146 valence electrons. The minimum absolute atomic E-state index is 0.0835. The fraction of sp³-hybridized carbons (Fsp3) is 0.130. The summed E-state index contributed by atoms with van der Waals surface area (Å²) in [5.41, 5.74) is 2.74. The van der Waals surface area contributed by atoms with E-state index in [4.69, 9.17) is 4.74 Å². The Kier molecular flexibility index (Phi) is 5.24. The molecule has 1 unspecified atom stereocenters. The van der Waals surface area contributed by atoms with Crippen molar-refractivity contribution in [1.82, 2.24) is 14.9 Å². The Morgan fingerprint density at radius 1 is 1.03 bits per heavy atom. The number of halogens is 1. The van der Waals surface area contributed by atoms with Crippen molar-refractivity contribution >= 4 is 16.9 Å². The van der Waals surface area contributed by atoms with E-state index in [1.165, 1.54) is 12.1 Å². The lowest BCUT2D eigenvalue weighted by molar-refractivity contribution is -0.123. The molecular formula is C23H20FN3O2. The number of imidazole rings is 1. The maximum Gasteiger partial charge on any atom is 0.243 e. The largest absolute Gasteiger partial charge is 0.457 e. The highest BCUT2D eigenvalue weighted by molar-refractivity contribution is 5.83. The van der Waals surface area contributed by atoms with Crippen molar-refractivity contribution in [2.75, 3.05) is 0 Å². The summed E-state index contributed by atoms with van der Waals surface area (Å²) in [7, 11) is 0. The van der Waals surface area contributed by atoms with E-state index in [-0.39, 0.29) is 17.8 Å². The van der Waals surface area contributed by atoms with Crippen LogP contribution in [-0.4, -0.2) is 15.5 Å². The summed E-state index contributed by atoms with van der Waals surface area (Å²) in [6, 6.07) is 20.6. The van der Waals surface area contributed by atoms with E-state index in [0.29, 0.717) is 18.0 Å². The number of nitrogens with one attached hydrogen (secondary N) is 1. The van der Waals surface area contributed by atoms with Crippen LogP contribution in [0.4, 0.5) is 4.39 Å². The monoisotopic (exact) mass is 389 g/mol. The van der Waals surface area contributed by atoms with Gasteiger partial charge in [0.25, 0.3) is 0 Å². The van der Waals surface area contributed by atoms with Crippen LogP contribution in [0, 0.1) is 5.82 Å². The van der Waals surface area contributed by atoms with Crippen molar-refractivity contribution in [2.45, 2.75) is 19.5 Å². The Morgan fingerprint density at radius 3 is 2.41 bits per heavy atom. The Labute approximate surface area is 167 Å². The number of carbonyl (C=O) groups is 1. The quantitative estimate of drug-likeness (QED) is 0.513. The van der Waals surface area contributed by atoms with E-state index in [2.05, 4.69) is 10.3 Å². The molecule has 4 rings (SSSR count). The molecule has 1 heterocycles. The minimum atomic E-state index is -0.372. The molecule has 0 spiro atoms. The second kappa shape index (κ2) is 8.14. The molecule has 0 fully saturated rings. The van der Waals surface area contributed by atoms with Gasteiger partial charge in [-0.3, -0.25) is 4.79 Å². The molecule has 0 aliphatic carbocycles. The Morgan fingerprint density at radius 2 is 1.69 bits per heavy atom. The number of nitrogens with zero attached hydrogens (tertiary/aromatic N) is 2. The number of para-hydroxylation sites is 2. The first kappa shape index (κ1) is 18.7. The lowest BCUT2D eigenvalue weighted by Crippen LogP contribution is -2.30. The number of benzene rings is 3. The van der Waals surface area contributed by atoms with E-state index < -0.39 is 0 Å². The van der Waals surface area contributed by atoms with Gasteiger partial charge >= 0.3 is 0 Å². The first-order chi connectivity index (χ1) is 14.1. The zero-order chi connectivity index (χ0) is 20.2. The van der Waals surface area contributed by atoms with Gasteiger partial charge in [-0.05, 0) is 61.0 Å². The highest BCUT2D eigenvalue weighted by Gasteiger charge is 2.16. The number of carbonyl (C=O) groups excluding carboxylic acids is 1. The number of ether oxygens (including phenoxy) is 1. The molecule has 1 amide bonds. The van der Waals surface area contributed by atoms with E-state index in [9.17, 15) is 9.18 Å². The first-order valence-corrected chi connectivity index (χ1v) is 9.32. The number of hydrogen-bond acceptors (Lipinski definition) is 3. The zero-order valence-corrected chi connectivity index (χ0v) is 15.9. The SMILES string of the molecule is CC(C(=O)NCc1ccc(Oc2ccc(F)cc2)cc1)n1cnc2ccccc21. The lowest BCUT2D eigenvalue weighted by Gasteiger charge is -2.15. The van der Waals surface area contributed by atoms with Gasteiger partial charge in [-0.1, -0.05) is 24.3 Å². The molecule has 0 bridgehead atoms. The van der Waals surface area contributed by atoms with Crippen molar-refractivity contribution in [3.63, 3.8) is 0 Å². The molecule has 5 nitrogen and oxygen atoms in total. The van der Waals surface area contributed by atoms with Gasteiger partial charge in [0, 0.05) is 6.54 Å². The molecule has 4 aromatic rings. The molecule has 0 saturated heterocycles. The second-order valence-electron chi connectivity index (χ2n) is 6.73. The van der Waals surface area contributed by atoms with Gasteiger partial charge in [-0.15, -0.1) is 0 Å². The summed E-state index contributed by atoms with van der Waals surface area (Å²) in [5, 5.41) is 2.96.